The average Bonchev–Trinajstić information content (AvgIpc) is 2.92. The lowest BCUT2D eigenvalue weighted by Crippen LogP contribution is -2.32. The largest absolute Gasteiger partial charge is 0.495 e. The lowest BCUT2D eigenvalue weighted by molar-refractivity contribution is -0.120. The van der Waals surface area contributed by atoms with E-state index in [0.29, 0.717) is 22.7 Å². The van der Waals surface area contributed by atoms with Crippen molar-refractivity contribution in [2.75, 3.05) is 23.9 Å². The zero-order valence-electron chi connectivity index (χ0n) is 15.2. The van der Waals surface area contributed by atoms with Crippen LogP contribution >= 0.6 is 11.6 Å². The highest BCUT2D eigenvalue weighted by molar-refractivity contribution is 6.53. The van der Waals surface area contributed by atoms with E-state index in [1.165, 1.54) is 7.11 Å². The van der Waals surface area contributed by atoms with Crippen LogP contribution in [-0.4, -0.2) is 31.5 Å². The number of benzene rings is 2. The van der Waals surface area contributed by atoms with E-state index >= 15 is 0 Å². The van der Waals surface area contributed by atoms with E-state index in [-0.39, 0.29) is 17.3 Å². The van der Waals surface area contributed by atoms with Gasteiger partial charge in [0, 0.05) is 5.69 Å². The quantitative estimate of drug-likeness (QED) is 0.591. The van der Waals surface area contributed by atoms with Crippen LogP contribution in [0.25, 0.3) is 0 Å². The van der Waals surface area contributed by atoms with Crippen molar-refractivity contribution in [3.63, 3.8) is 0 Å². The second kappa shape index (κ2) is 8.14. The highest BCUT2D eigenvalue weighted by Crippen LogP contribution is 2.35. The van der Waals surface area contributed by atoms with Crippen molar-refractivity contribution in [2.24, 2.45) is 0 Å². The molecule has 7 nitrogen and oxygen atoms in total. The molecule has 28 heavy (non-hydrogen) atoms. The number of rotatable bonds is 6. The third-order valence-corrected chi connectivity index (χ3v) is 4.37. The van der Waals surface area contributed by atoms with E-state index in [1.54, 1.807) is 55.5 Å². The Morgan fingerprint density at radius 1 is 1.07 bits per heavy atom. The maximum absolute atomic E-state index is 12.8. The number of anilines is 2. The molecule has 2 aromatic rings. The molecule has 0 fully saturated rings. The Hall–Kier alpha value is -3.32. The van der Waals surface area contributed by atoms with Gasteiger partial charge in [0.25, 0.3) is 11.8 Å². The predicted octanol–water partition coefficient (Wildman–Crippen LogP) is 3.31. The number of nitrogens with zero attached hydrogens (tertiary/aromatic N) is 1. The molecule has 0 atom stereocenters. The number of imide groups is 1. The predicted molar refractivity (Wildman–Crippen MR) is 104 cm³/mol. The standard InChI is InChI=1S/C20H17ClN2O5/c1-3-28-20(26)12-8-10-13(11-9-12)22-17-16(21)18(24)23(19(17)25)14-6-4-5-7-15(14)27-2/h4-11,22H,3H2,1-2H3. The fourth-order valence-corrected chi connectivity index (χ4v) is 2.91. The van der Waals surface area contributed by atoms with Gasteiger partial charge >= 0.3 is 5.97 Å². The molecule has 1 heterocycles. The highest BCUT2D eigenvalue weighted by Gasteiger charge is 2.40. The molecule has 1 aliphatic heterocycles. The summed E-state index contributed by atoms with van der Waals surface area (Å²) in [5.74, 6) is -1.33. The van der Waals surface area contributed by atoms with E-state index in [9.17, 15) is 14.4 Å². The Morgan fingerprint density at radius 3 is 2.39 bits per heavy atom. The summed E-state index contributed by atoms with van der Waals surface area (Å²) in [6, 6.07) is 12.9. The molecule has 0 unspecified atom stereocenters. The number of ether oxygens (including phenoxy) is 2. The molecule has 0 radical (unpaired) electrons. The van der Waals surface area contributed by atoms with Crippen LogP contribution in [0.15, 0.2) is 59.3 Å². The number of carbonyl (C=O) groups is 3. The van der Waals surface area contributed by atoms with Crippen LogP contribution in [0.1, 0.15) is 17.3 Å². The van der Waals surface area contributed by atoms with E-state index < -0.39 is 17.8 Å². The Balaban J connectivity index is 1.84. The van der Waals surface area contributed by atoms with Crippen LogP contribution in [0, 0.1) is 0 Å². The maximum atomic E-state index is 12.8. The van der Waals surface area contributed by atoms with Crippen molar-refractivity contribution in [3.05, 3.63) is 64.8 Å². The molecule has 0 aliphatic carbocycles. The molecule has 0 aromatic heterocycles. The summed E-state index contributed by atoms with van der Waals surface area (Å²) in [6.07, 6.45) is 0. The van der Waals surface area contributed by atoms with Gasteiger partial charge in [0.2, 0.25) is 0 Å². The minimum atomic E-state index is -0.651. The first kappa shape index (κ1) is 19.4. The molecule has 1 N–H and O–H groups in total. The van der Waals surface area contributed by atoms with Crippen LogP contribution in [0.3, 0.4) is 0 Å². The Kier molecular flexibility index (Phi) is 5.65. The van der Waals surface area contributed by atoms with Crippen molar-refractivity contribution in [2.45, 2.75) is 6.92 Å². The summed E-state index contributed by atoms with van der Waals surface area (Å²) in [4.78, 5) is 38.1. The normalized spacial score (nSPS) is 13.8. The number of amides is 2. The van der Waals surface area contributed by atoms with Crippen LogP contribution in [0.4, 0.5) is 11.4 Å². The summed E-state index contributed by atoms with van der Waals surface area (Å²) in [6.45, 7) is 2.00. The van der Waals surface area contributed by atoms with E-state index in [1.807, 2.05) is 0 Å². The van der Waals surface area contributed by atoms with Gasteiger partial charge in [0.05, 0.1) is 25.0 Å². The maximum Gasteiger partial charge on any atom is 0.338 e. The van der Waals surface area contributed by atoms with E-state index in [2.05, 4.69) is 5.32 Å². The molecular weight excluding hydrogens is 384 g/mol. The van der Waals surface area contributed by atoms with E-state index in [4.69, 9.17) is 21.1 Å². The number of halogens is 1. The Bertz CT molecular complexity index is 969. The Labute approximate surface area is 166 Å². The fourth-order valence-electron chi connectivity index (χ4n) is 2.69. The molecule has 3 rings (SSSR count). The second-order valence-electron chi connectivity index (χ2n) is 5.73. The van der Waals surface area contributed by atoms with Crippen molar-refractivity contribution in [1.82, 2.24) is 0 Å². The van der Waals surface area contributed by atoms with Gasteiger partial charge in [-0.15, -0.1) is 0 Å². The van der Waals surface area contributed by atoms with Gasteiger partial charge in [-0.05, 0) is 43.3 Å². The topological polar surface area (TPSA) is 84.9 Å². The number of methoxy groups -OCH3 is 1. The molecule has 0 spiro atoms. The number of nitrogens with one attached hydrogen (secondary N) is 1. The molecule has 1 aliphatic rings. The number of carbonyl (C=O) groups excluding carboxylic acids is 3. The fraction of sp³-hybridized carbons (Fsp3) is 0.150. The van der Waals surface area contributed by atoms with Crippen molar-refractivity contribution in [3.8, 4) is 5.75 Å². The van der Waals surface area contributed by atoms with Gasteiger partial charge in [0.15, 0.2) is 0 Å². The third kappa shape index (κ3) is 3.57. The second-order valence-corrected chi connectivity index (χ2v) is 6.11. The molecule has 2 aromatic carbocycles. The lowest BCUT2D eigenvalue weighted by Gasteiger charge is -2.17. The minimum Gasteiger partial charge on any atom is -0.495 e. The third-order valence-electron chi connectivity index (χ3n) is 4.02. The summed E-state index contributed by atoms with van der Waals surface area (Å²) < 4.78 is 10.2. The molecule has 0 saturated heterocycles. The number of hydrogen-bond acceptors (Lipinski definition) is 6. The number of para-hydroxylation sites is 2. The van der Waals surface area contributed by atoms with Gasteiger partial charge < -0.3 is 14.8 Å². The number of esters is 1. The minimum absolute atomic E-state index is 0.0542. The van der Waals surface area contributed by atoms with Gasteiger partial charge in [-0.1, -0.05) is 23.7 Å². The monoisotopic (exact) mass is 400 g/mol. The van der Waals surface area contributed by atoms with E-state index in [0.717, 1.165) is 4.90 Å². The van der Waals surface area contributed by atoms with Gasteiger partial charge in [-0.25, -0.2) is 9.69 Å². The number of hydrogen-bond donors (Lipinski definition) is 1. The van der Waals surface area contributed by atoms with Crippen LogP contribution in [0.2, 0.25) is 0 Å². The van der Waals surface area contributed by atoms with Gasteiger partial charge in [-0.2, -0.15) is 0 Å². The molecule has 0 bridgehead atoms. The summed E-state index contributed by atoms with van der Waals surface area (Å²) in [7, 11) is 1.45. The SMILES string of the molecule is CCOC(=O)c1ccc(NC2=C(Cl)C(=O)N(c3ccccc3OC)C2=O)cc1. The van der Waals surface area contributed by atoms with Crippen molar-refractivity contribution < 1.29 is 23.9 Å². The zero-order chi connectivity index (χ0) is 20.3. The molecule has 8 heteroatoms. The van der Waals surface area contributed by atoms with Crippen molar-refractivity contribution >= 4 is 40.8 Å². The first-order chi connectivity index (χ1) is 13.5. The lowest BCUT2D eigenvalue weighted by atomic mass is 10.2. The van der Waals surface area contributed by atoms with Gasteiger partial charge in [0.1, 0.15) is 16.5 Å². The molecule has 0 saturated carbocycles. The van der Waals surface area contributed by atoms with Crippen LogP contribution in [-0.2, 0) is 14.3 Å². The first-order valence-corrected chi connectivity index (χ1v) is 8.81. The van der Waals surface area contributed by atoms with Crippen molar-refractivity contribution in [1.29, 1.82) is 0 Å². The van der Waals surface area contributed by atoms with Crippen LogP contribution in [0.5, 0.6) is 5.75 Å². The highest BCUT2D eigenvalue weighted by atomic mass is 35.5. The average molecular weight is 401 g/mol. The molecular formula is C20H17ClN2O5. The summed E-state index contributed by atoms with van der Waals surface area (Å²) in [5.41, 5.74) is 1.11. The molecule has 2 amide bonds. The molecule has 144 valence electrons. The summed E-state index contributed by atoms with van der Waals surface area (Å²) >= 11 is 6.13. The van der Waals surface area contributed by atoms with Gasteiger partial charge in [-0.3, -0.25) is 9.59 Å². The Morgan fingerprint density at radius 2 is 1.75 bits per heavy atom. The summed E-state index contributed by atoms with van der Waals surface area (Å²) in [5, 5.41) is 2.62. The zero-order valence-corrected chi connectivity index (χ0v) is 15.9. The smallest absolute Gasteiger partial charge is 0.338 e. The van der Waals surface area contributed by atoms with Crippen LogP contribution < -0.4 is 15.0 Å². The first-order valence-electron chi connectivity index (χ1n) is 8.43.